The fraction of sp³-hybridized carbons (Fsp3) is 0.217. The van der Waals surface area contributed by atoms with E-state index in [1.165, 1.54) is 5.56 Å². The molecule has 0 radical (unpaired) electrons. The summed E-state index contributed by atoms with van der Waals surface area (Å²) < 4.78 is 0. The molecule has 0 spiro atoms. The number of aromatic nitrogens is 1. The van der Waals surface area contributed by atoms with Gasteiger partial charge in [0, 0.05) is 36.0 Å². The molecule has 2 amide bonds. The molecule has 0 fully saturated rings. The molecule has 6 heteroatoms. The van der Waals surface area contributed by atoms with E-state index in [9.17, 15) is 4.79 Å². The fourth-order valence-corrected chi connectivity index (χ4v) is 3.01. The SMILES string of the molecule is Cc1cccnc1CN[C@@H](C)c1ccc(NC(=O)NCc2ccc(Cl)cc2)cc1. The first-order valence-electron chi connectivity index (χ1n) is 9.54. The van der Waals surface area contributed by atoms with Crippen LogP contribution in [0.25, 0.3) is 0 Å². The van der Waals surface area contributed by atoms with Crippen molar-refractivity contribution < 1.29 is 4.79 Å². The van der Waals surface area contributed by atoms with Crippen LogP contribution in [0, 0.1) is 6.92 Å². The van der Waals surface area contributed by atoms with Crippen LogP contribution >= 0.6 is 11.6 Å². The lowest BCUT2D eigenvalue weighted by atomic mass is 10.1. The molecule has 3 aromatic rings. The molecule has 1 heterocycles. The Bertz CT molecular complexity index is 942. The molecule has 2 aromatic carbocycles. The Hall–Kier alpha value is -2.89. The third kappa shape index (κ3) is 6.31. The van der Waals surface area contributed by atoms with Crippen LogP contribution in [0.1, 0.15) is 35.3 Å². The van der Waals surface area contributed by atoms with E-state index in [1.54, 1.807) is 12.1 Å². The van der Waals surface area contributed by atoms with Crippen LogP contribution in [0.3, 0.4) is 0 Å². The van der Waals surface area contributed by atoms with Crippen molar-refractivity contribution in [2.45, 2.75) is 33.0 Å². The van der Waals surface area contributed by atoms with Gasteiger partial charge in [-0.25, -0.2) is 4.79 Å². The Kier molecular flexibility index (Phi) is 7.22. The summed E-state index contributed by atoms with van der Waals surface area (Å²) in [7, 11) is 0. The number of pyridine rings is 1. The van der Waals surface area contributed by atoms with Crippen molar-refractivity contribution in [2.75, 3.05) is 5.32 Å². The number of carbonyl (C=O) groups excluding carboxylic acids is 1. The molecule has 3 rings (SSSR count). The van der Waals surface area contributed by atoms with Crippen LogP contribution < -0.4 is 16.0 Å². The zero-order chi connectivity index (χ0) is 20.6. The monoisotopic (exact) mass is 408 g/mol. The Balaban J connectivity index is 1.48. The Morgan fingerprint density at radius 3 is 2.45 bits per heavy atom. The summed E-state index contributed by atoms with van der Waals surface area (Å²) in [6.07, 6.45) is 1.81. The zero-order valence-corrected chi connectivity index (χ0v) is 17.3. The number of hydrogen-bond donors (Lipinski definition) is 3. The number of amides is 2. The summed E-state index contributed by atoms with van der Waals surface area (Å²) in [4.78, 5) is 16.5. The molecule has 0 bridgehead atoms. The van der Waals surface area contributed by atoms with Crippen molar-refractivity contribution >= 4 is 23.3 Å². The molecule has 0 unspecified atom stereocenters. The highest BCUT2D eigenvalue weighted by molar-refractivity contribution is 6.30. The average Bonchev–Trinajstić information content (AvgIpc) is 2.73. The van der Waals surface area contributed by atoms with Gasteiger partial charge in [0.2, 0.25) is 0 Å². The second-order valence-electron chi connectivity index (χ2n) is 6.93. The maximum Gasteiger partial charge on any atom is 0.319 e. The van der Waals surface area contributed by atoms with Crippen molar-refractivity contribution in [2.24, 2.45) is 0 Å². The van der Waals surface area contributed by atoms with Crippen LogP contribution in [-0.2, 0) is 13.1 Å². The first-order chi connectivity index (χ1) is 14.0. The number of benzene rings is 2. The number of rotatable bonds is 7. The Labute approximate surface area is 176 Å². The number of carbonyl (C=O) groups is 1. The number of nitrogens with one attached hydrogen (secondary N) is 3. The number of nitrogens with zero attached hydrogens (tertiary/aromatic N) is 1. The van der Waals surface area contributed by atoms with Crippen LogP contribution in [0.2, 0.25) is 5.02 Å². The number of anilines is 1. The van der Waals surface area contributed by atoms with E-state index in [4.69, 9.17) is 11.6 Å². The highest BCUT2D eigenvalue weighted by atomic mass is 35.5. The smallest absolute Gasteiger partial charge is 0.319 e. The third-order valence-electron chi connectivity index (χ3n) is 4.73. The first kappa shape index (κ1) is 20.8. The normalized spacial score (nSPS) is 11.7. The molecule has 0 aliphatic carbocycles. The maximum absolute atomic E-state index is 12.1. The highest BCUT2D eigenvalue weighted by Gasteiger charge is 2.08. The molecular formula is C23H25ClN4O. The largest absolute Gasteiger partial charge is 0.334 e. The van der Waals surface area contributed by atoms with Crippen LogP contribution in [0.15, 0.2) is 66.9 Å². The summed E-state index contributed by atoms with van der Waals surface area (Å²) in [5.41, 5.74) is 5.11. The average molecular weight is 409 g/mol. The topological polar surface area (TPSA) is 66.0 Å². The standard InChI is InChI=1S/C23H25ClN4O/c1-16-4-3-13-25-22(16)15-26-17(2)19-7-11-21(12-8-19)28-23(29)27-14-18-5-9-20(24)10-6-18/h3-13,17,26H,14-15H2,1-2H3,(H2,27,28,29)/t17-/m0/s1. The van der Waals surface area contributed by atoms with E-state index in [2.05, 4.69) is 40.8 Å². The van der Waals surface area contributed by atoms with Crippen molar-refractivity contribution in [3.8, 4) is 0 Å². The quantitative estimate of drug-likeness (QED) is 0.502. The lowest BCUT2D eigenvalue weighted by Crippen LogP contribution is -2.28. The van der Waals surface area contributed by atoms with Gasteiger partial charge >= 0.3 is 6.03 Å². The van der Waals surface area contributed by atoms with Gasteiger partial charge in [-0.15, -0.1) is 0 Å². The van der Waals surface area contributed by atoms with Crippen molar-refractivity contribution in [1.29, 1.82) is 0 Å². The molecular weight excluding hydrogens is 384 g/mol. The van der Waals surface area contributed by atoms with E-state index in [1.807, 2.05) is 48.7 Å². The van der Waals surface area contributed by atoms with Crippen molar-refractivity contribution in [3.63, 3.8) is 0 Å². The van der Waals surface area contributed by atoms with E-state index >= 15 is 0 Å². The van der Waals surface area contributed by atoms with Gasteiger partial charge in [0.1, 0.15) is 0 Å². The molecule has 150 valence electrons. The van der Waals surface area contributed by atoms with E-state index in [0.717, 1.165) is 22.5 Å². The predicted molar refractivity (Wildman–Crippen MR) is 118 cm³/mol. The molecule has 29 heavy (non-hydrogen) atoms. The number of halogens is 1. The maximum atomic E-state index is 12.1. The van der Waals surface area contributed by atoms with Gasteiger partial charge < -0.3 is 16.0 Å². The predicted octanol–water partition coefficient (Wildman–Crippen LogP) is 5.22. The molecule has 1 aromatic heterocycles. The highest BCUT2D eigenvalue weighted by Crippen LogP contribution is 2.17. The molecule has 5 nitrogen and oxygen atoms in total. The summed E-state index contributed by atoms with van der Waals surface area (Å²) in [5.74, 6) is 0. The van der Waals surface area contributed by atoms with Crippen LogP contribution in [0.5, 0.6) is 0 Å². The van der Waals surface area contributed by atoms with Gasteiger partial charge in [0.25, 0.3) is 0 Å². The minimum Gasteiger partial charge on any atom is -0.334 e. The first-order valence-corrected chi connectivity index (χ1v) is 9.92. The molecule has 1 atom stereocenters. The van der Waals surface area contributed by atoms with Crippen molar-refractivity contribution in [3.05, 3.63) is 94.3 Å². The summed E-state index contributed by atoms with van der Waals surface area (Å²) >= 11 is 5.87. The minimum atomic E-state index is -0.246. The van der Waals surface area contributed by atoms with Gasteiger partial charge in [0.05, 0.1) is 5.69 Å². The third-order valence-corrected chi connectivity index (χ3v) is 4.98. The second-order valence-corrected chi connectivity index (χ2v) is 7.36. The van der Waals surface area contributed by atoms with Gasteiger partial charge in [-0.2, -0.15) is 0 Å². The minimum absolute atomic E-state index is 0.171. The summed E-state index contributed by atoms with van der Waals surface area (Å²) in [5, 5.41) is 9.85. The van der Waals surface area contributed by atoms with E-state index in [0.29, 0.717) is 18.1 Å². The molecule has 3 N–H and O–H groups in total. The van der Waals surface area contributed by atoms with Gasteiger partial charge in [-0.3, -0.25) is 4.98 Å². The number of urea groups is 1. The molecule has 0 aliphatic rings. The molecule has 0 aliphatic heterocycles. The second kappa shape index (κ2) is 10.0. The number of aryl methyl sites for hydroxylation is 1. The van der Waals surface area contributed by atoms with Gasteiger partial charge in [-0.05, 0) is 60.9 Å². The zero-order valence-electron chi connectivity index (χ0n) is 16.6. The van der Waals surface area contributed by atoms with Crippen molar-refractivity contribution in [1.82, 2.24) is 15.6 Å². The van der Waals surface area contributed by atoms with Crippen LogP contribution in [0.4, 0.5) is 10.5 Å². The molecule has 0 saturated heterocycles. The van der Waals surface area contributed by atoms with Gasteiger partial charge in [0.15, 0.2) is 0 Å². The lowest BCUT2D eigenvalue weighted by molar-refractivity contribution is 0.251. The lowest BCUT2D eigenvalue weighted by Gasteiger charge is -2.15. The van der Waals surface area contributed by atoms with Gasteiger partial charge in [-0.1, -0.05) is 41.9 Å². The number of hydrogen-bond acceptors (Lipinski definition) is 3. The Morgan fingerprint density at radius 2 is 1.76 bits per heavy atom. The fourth-order valence-electron chi connectivity index (χ4n) is 2.89. The van der Waals surface area contributed by atoms with E-state index in [-0.39, 0.29) is 12.1 Å². The summed E-state index contributed by atoms with van der Waals surface area (Å²) in [6, 6.07) is 19.1. The summed E-state index contributed by atoms with van der Waals surface area (Å²) in [6.45, 7) is 5.32. The van der Waals surface area contributed by atoms with E-state index < -0.39 is 0 Å². The molecule has 0 saturated carbocycles. The Morgan fingerprint density at radius 1 is 1.03 bits per heavy atom. The van der Waals surface area contributed by atoms with Crippen LogP contribution in [-0.4, -0.2) is 11.0 Å².